The summed E-state index contributed by atoms with van der Waals surface area (Å²) in [5.74, 6) is -1.39. The van der Waals surface area contributed by atoms with E-state index >= 15 is 0 Å². The molecule has 0 bridgehead atoms. The molecule has 0 aliphatic heterocycles. The third-order valence-corrected chi connectivity index (χ3v) is 2.14. The first kappa shape index (κ1) is 16.6. The minimum atomic E-state index is -0.696. The SMILES string of the molecule is CCNC(CC(=O)OCC)C(=O)CC(=O)OCC. The fraction of sp³-hybridized carbons (Fsp3) is 0.750. The monoisotopic (exact) mass is 259 g/mol. The largest absolute Gasteiger partial charge is 0.466 e. The van der Waals surface area contributed by atoms with Gasteiger partial charge in [0.2, 0.25) is 0 Å². The van der Waals surface area contributed by atoms with Crippen LogP contribution in [0.3, 0.4) is 0 Å². The molecule has 0 saturated heterocycles. The molecule has 6 nitrogen and oxygen atoms in total. The molecule has 0 heterocycles. The number of likely N-dealkylation sites (N-methyl/N-ethyl adjacent to an activating group) is 1. The number of carbonyl (C=O) groups excluding carboxylic acids is 3. The number of nitrogens with one attached hydrogen (secondary N) is 1. The molecule has 104 valence electrons. The molecular weight excluding hydrogens is 238 g/mol. The zero-order valence-electron chi connectivity index (χ0n) is 11.2. The topological polar surface area (TPSA) is 81.7 Å². The minimum absolute atomic E-state index is 0.0695. The van der Waals surface area contributed by atoms with Crippen molar-refractivity contribution in [3.63, 3.8) is 0 Å². The van der Waals surface area contributed by atoms with Gasteiger partial charge in [0.1, 0.15) is 6.42 Å². The van der Waals surface area contributed by atoms with Crippen molar-refractivity contribution >= 4 is 17.7 Å². The Bertz CT molecular complexity index is 290. The molecule has 0 fully saturated rings. The highest BCUT2D eigenvalue weighted by atomic mass is 16.5. The molecule has 1 unspecified atom stereocenters. The van der Waals surface area contributed by atoms with Crippen molar-refractivity contribution < 1.29 is 23.9 Å². The average molecular weight is 259 g/mol. The van der Waals surface area contributed by atoms with Crippen molar-refractivity contribution in [3.8, 4) is 0 Å². The van der Waals surface area contributed by atoms with Crippen molar-refractivity contribution in [2.45, 2.75) is 39.7 Å². The molecule has 0 saturated carbocycles. The van der Waals surface area contributed by atoms with Crippen LogP contribution >= 0.6 is 0 Å². The Hall–Kier alpha value is -1.43. The summed E-state index contributed by atoms with van der Waals surface area (Å²) >= 11 is 0. The molecule has 0 spiro atoms. The Labute approximate surface area is 107 Å². The van der Waals surface area contributed by atoms with Crippen molar-refractivity contribution in [1.82, 2.24) is 5.32 Å². The lowest BCUT2D eigenvalue weighted by Crippen LogP contribution is -2.40. The molecule has 0 aromatic carbocycles. The van der Waals surface area contributed by atoms with Crippen LogP contribution in [0.5, 0.6) is 0 Å². The van der Waals surface area contributed by atoms with Gasteiger partial charge >= 0.3 is 11.9 Å². The van der Waals surface area contributed by atoms with Crippen LogP contribution in [0.25, 0.3) is 0 Å². The van der Waals surface area contributed by atoms with E-state index in [1.165, 1.54) is 0 Å². The second kappa shape index (κ2) is 9.58. The Morgan fingerprint density at radius 1 is 1.00 bits per heavy atom. The van der Waals surface area contributed by atoms with Gasteiger partial charge in [-0.15, -0.1) is 0 Å². The number of esters is 2. The summed E-state index contributed by atoms with van der Waals surface area (Å²) in [6.45, 7) is 6.21. The summed E-state index contributed by atoms with van der Waals surface area (Å²) in [5, 5.41) is 2.86. The quantitative estimate of drug-likeness (QED) is 0.478. The van der Waals surface area contributed by atoms with Gasteiger partial charge in [0.05, 0.1) is 25.7 Å². The summed E-state index contributed by atoms with van der Waals surface area (Å²) < 4.78 is 9.46. The molecule has 0 radical (unpaired) electrons. The number of carbonyl (C=O) groups is 3. The molecule has 0 aliphatic rings. The van der Waals surface area contributed by atoms with E-state index in [0.717, 1.165) is 0 Å². The van der Waals surface area contributed by atoms with Crippen LogP contribution in [-0.4, -0.2) is 43.5 Å². The first-order chi connectivity index (χ1) is 8.54. The maximum Gasteiger partial charge on any atom is 0.313 e. The van der Waals surface area contributed by atoms with Gasteiger partial charge in [-0.05, 0) is 20.4 Å². The van der Waals surface area contributed by atoms with Gasteiger partial charge in [-0.1, -0.05) is 6.92 Å². The van der Waals surface area contributed by atoms with E-state index in [0.29, 0.717) is 6.54 Å². The third kappa shape index (κ3) is 7.01. The first-order valence-corrected chi connectivity index (χ1v) is 6.12. The van der Waals surface area contributed by atoms with Gasteiger partial charge in [0.25, 0.3) is 0 Å². The zero-order valence-corrected chi connectivity index (χ0v) is 11.2. The summed E-state index contributed by atoms with van der Waals surface area (Å²) in [5.41, 5.74) is 0. The molecule has 6 heteroatoms. The normalized spacial score (nSPS) is 11.7. The number of Topliss-reactive ketones (excluding diaryl/α,β-unsaturated/α-hetero) is 1. The van der Waals surface area contributed by atoms with E-state index in [1.807, 2.05) is 6.92 Å². The molecule has 1 atom stereocenters. The number of hydrogen-bond donors (Lipinski definition) is 1. The molecule has 0 rings (SSSR count). The van der Waals surface area contributed by atoms with E-state index in [4.69, 9.17) is 4.74 Å². The average Bonchev–Trinajstić information content (AvgIpc) is 2.29. The molecule has 0 aromatic rings. The summed E-state index contributed by atoms with van der Waals surface area (Å²) in [6.07, 6.45) is -0.398. The van der Waals surface area contributed by atoms with Crippen LogP contribution in [-0.2, 0) is 23.9 Å². The Kier molecular flexibility index (Phi) is 8.82. The van der Waals surface area contributed by atoms with Crippen molar-refractivity contribution in [3.05, 3.63) is 0 Å². The standard InChI is InChI=1S/C12H21NO5/c1-4-13-9(7-11(15)17-5-2)10(14)8-12(16)18-6-3/h9,13H,4-8H2,1-3H3. The molecular formula is C12H21NO5. The lowest BCUT2D eigenvalue weighted by atomic mass is 10.1. The predicted molar refractivity (Wildman–Crippen MR) is 65.0 cm³/mol. The van der Waals surface area contributed by atoms with Crippen molar-refractivity contribution in [2.75, 3.05) is 19.8 Å². The highest BCUT2D eigenvalue weighted by Gasteiger charge is 2.24. The first-order valence-electron chi connectivity index (χ1n) is 6.12. The van der Waals surface area contributed by atoms with Gasteiger partial charge in [-0.2, -0.15) is 0 Å². The van der Waals surface area contributed by atoms with Crippen LogP contribution in [0.4, 0.5) is 0 Å². The molecule has 18 heavy (non-hydrogen) atoms. The van der Waals surface area contributed by atoms with Crippen LogP contribution in [0.2, 0.25) is 0 Å². The highest BCUT2D eigenvalue weighted by molar-refractivity contribution is 5.99. The van der Waals surface area contributed by atoms with Gasteiger partial charge in [-0.25, -0.2) is 0 Å². The molecule has 0 amide bonds. The zero-order chi connectivity index (χ0) is 14.0. The van der Waals surface area contributed by atoms with Crippen LogP contribution in [0, 0.1) is 0 Å². The molecule has 0 aliphatic carbocycles. The van der Waals surface area contributed by atoms with Gasteiger partial charge < -0.3 is 14.8 Å². The number of ether oxygens (including phenoxy) is 2. The summed E-state index contributed by atoms with van der Waals surface area (Å²) in [6, 6.07) is -0.696. The van der Waals surface area contributed by atoms with Crippen LogP contribution in [0.15, 0.2) is 0 Å². The predicted octanol–water partition coefficient (Wildman–Crippen LogP) is 0.440. The Morgan fingerprint density at radius 2 is 1.56 bits per heavy atom. The van der Waals surface area contributed by atoms with E-state index in [1.54, 1.807) is 13.8 Å². The number of rotatable bonds is 9. The maximum absolute atomic E-state index is 11.8. The lowest BCUT2D eigenvalue weighted by Gasteiger charge is -2.15. The summed E-state index contributed by atoms with van der Waals surface area (Å²) in [4.78, 5) is 34.3. The molecule has 1 N–H and O–H groups in total. The van der Waals surface area contributed by atoms with E-state index < -0.39 is 18.0 Å². The lowest BCUT2D eigenvalue weighted by molar-refractivity contribution is -0.149. The second-order valence-electron chi connectivity index (χ2n) is 3.57. The van der Waals surface area contributed by atoms with Gasteiger partial charge in [0.15, 0.2) is 5.78 Å². The Morgan fingerprint density at radius 3 is 2.06 bits per heavy atom. The van der Waals surface area contributed by atoms with E-state index in [-0.39, 0.29) is 31.8 Å². The van der Waals surface area contributed by atoms with Gasteiger partial charge in [-0.3, -0.25) is 14.4 Å². The smallest absolute Gasteiger partial charge is 0.313 e. The maximum atomic E-state index is 11.8. The highest BCUT2D eigenvalue weighted by Crippen LogP contribution is 2.01. The Balaban J connectivity index is 4.34. The van der Waals surface area contributed by atoms with Gasteiger partial charge in [0, 0.05) is 0 Å². The molecule has 0 aromatic heterocycles. The van der Waals surface area contributed by atoms with Crippen LogP contribution < -0.4 is 5.32 Å². The van der Waals surface area contributed by atoms with Crippen molar-refractivity contribution in [2.24, 2.45) is 0 Å². The van der Waals surface area contributed by atoms with E-state index in [9.17, 15) is 14.4 Å². The minimum Gasteiger partial charge on any atom is -0.466 e. The number of hydrogen-bond acceptors (Lipinski definition) is 6. The van der Waals surface area contributed by atoms with Crippen LogP contribution in [0.1, 0.15) is 33.6 Å². The van der Waals surface area contributed by atoms with Crippen molar-refractivity contribution in [1.29, 1.82) is 0 Å². The number of ketones is 1. The fourth-order valence-electron chi connectivity index (χ4n) is 1.41. The fourth-order valence-corrected chi connectivity index (χ4v) is 1.41. The third-order valence-electron chi connectivity index (χ3n) is 2.14. The summed E-state index contributed by atoms with van der Waals surface area (Å²) in [7, 11) is 0. The second-order valence-corrected chi connectivity index (χ2v) is 3.57. The van der Waals surface area contributed by atoms with E-state index in [2.05, 4.69) is 10.1 Å².